The molecule has 2 rings (SSSR count). The summed E-state index contributed by atoms with van der Waals surface area (Å²) >= 11 is 0. The first-order valence-corrected chi connectivity index (χ1v) is 4.91. The molecule has 0 aliphatic heterocycles. The van der Waals surface area contributed by atoms with Crippen LogP contribution in [0.1, 0.15) is 5.56 Å². The summed E-state index contributed by atoms with van der Waals surface area (Å²) in [4.78, 5) is 7.07. The molecular weight excluding hydrogens is 247 g/mol. The van der Waals surface area contributed by atoms with E-state index >= 15 is 0 Å². The van der Waals surface area contributed by atoms with E-state index in [-0.39, 0.29) is 18.4 Å². The van der Waals surface area contributed by atoms with Gasteiger partial charge in [0.2, 0.25) is 0 Å². The van der Waals surface area contributed by atoms with Crippen LogP contribution in [-0.4, -0.2) is 9.97 Å². The second kappa shape index (κ2) is 4.91. The summed E-state index contributed by atoms with van der Waals surface area (Å²) in [6, 6.07) is 3.18. The lowest BCUT2D eigenvalue weighted by molar-refractivity contribution is 0.279. The first-order chi connectivity index (χ1) is 8.56. The van der Waals surface area contributed by atoms with E-state index in [2.05, 4.69) is 9.97 Å². The zero-order chi connectivity index (χ0) is 13.1. The number of nitrogens with zero attached hydrogens (tertiary/aromatic N) is 2. The van der Waals surface area contributed by atoms with Crippen LogP contribution in [0.2, 0.25) is 0 Å². The Morgan fingerprint density at radius 2 is 1.89 bits per heavy atom. The maximum Gasteiger partial charge on any atom is 0.318 e. The molecule has 7 heteroatoms. The van der Waals surface area contributed by atoms with Gasteiger partial charge in [-0.25, -0.2) is 18.2 Å². The predicted molar refractivity (Wildman–Crippen MR) is 57.1 cm³/mol. The van der Waals surface area contributed by atoms with Gasteiger partial charge in [-0.2, -0.15) is 4.98 Å². The summed E-state index contributed by atoms with van der Waals surface area (Å²) in [6.45, 7) is -0.0811. The van der Waals surface area contributed by atoms with Crippen LogP contribution >= 0.6 is 0 Å². The lowest BCUT2D eigenvalue weighted by atomic mass is 10.2. The maximum atomic E-state index is 12.9. The van der Waals surface area contributed by atoms with E-state index in [0.29, 0.717) is 5.56 Å². The summed E-state index contributed by atoms with van der Waals surface area (Å²) in [5, 5.41) is 0. The van der Waals surface area contributed by atoms with Crippen molar-refractivity contribution in [2.24, 2.45) is 0 Å². The molecule has 0 aliphatic carbocycles. The van der Waals surface area contributed by atoms with Crippen molar-refractivity contribution in [3.05, 3.63) is 47.4 Å². The molecule has 0 aliphatic rings. The number of rotatable bonds is 3. The van der Waals surface area contributed by atoms with E-state index in [1.807, 2.05) is 0 Å². The molecule has 2 N–H and O–H groups in total. The maximum absolute atomic E-state index is 12.9. The van der Waals surface area contributed by atoms with Crippen LogP contribution in [0.5, 0.6) is 6.01 Å². The standard InChI is InChI=1S/C11H8F3N3O/c12-7-2-1-6(3-8(7)13)5-18-11-16-4-9(14)10(15)17-11/h1-4H,5H2,(H2,15,16,17). The largest absolute Gasteiger partial charge is 0.459 e. The predicted octanol–water partition coefficient (Wildman–Crippen LogP) is 2.06. The smallest absolute Gasteiger partial charge is 0.318 e. The van der Waals surface area contributed by atoms with E-state index in [1.165, 1.54) is 6.07 Å². The van der Waals surface area contributed by atoms with Gasteiger partial charge in [-0.3, -0.25) is 0 Å². The first kappa shape index (κ1) is 12.2. The average molecular weight is 255 g/mol. The monoisotopic (exact) mass is 255 g/mol. The number of ether oxygens (including phenoxy) is 1. The minimum atomic E-state index is -0.976. The Labute approximate surface area is 100 Å². The van der Waals surface area contributed by atoms with Crippen molar-refractivity contribution < 1.29 is 17.9 Å². The molecule has 0 unspecified atom stereocenters. The Balaban J connectivity index is 2.06. The Kier molecular flexibility index (Phi) is 3.31. The van der Waals surface area contributed by atoms with Crippen molar-refractivity contribution in [2.45, 2.75) is 6.61 Å². The van der Waals surface area contributed by atoms with E-state index in [1.54, 1.807) is 0 Å². The van der Waals surface area contributed by atoms with Crippen LogP contribution in [0, 0.1) is 17.5 Å². The molecular formula is C11H8F3N3O. The number of nitrogen functional groups attached to an aromatic ring is 1. The van der Waals surface area contributed by atoms with Crippen molar-refractivity contribution in [1.29, 1.82) is 0 Å². The van der Waals surface area contributed by atoms with Crippen LogP contribution in [0.4, 0.5) is 19.0 Å². The van der Waals surface area contributed by atoms with Gasteiger partial charge in [-0.15, -0.1) is 0 Å². The highest BCUT2D eigenvalue weighted by molar-refractivity contribution is 5.29. The third-order valence-electron chi connectivity index (χ3n) is 2.10. The lowest BCUT2D eigenvalue weighted by Crippen LogP contribution is -2.03. The highest BCUT2D eigenvalue weighted by atomic mass is 19.2. The van der Waals surface area contributed by atoms with Gasteiger partial charge in [-0.1, -0.05) is 6.07 Å². The third kappa shape index (κ3) is 2.68. The van der Waals surface area contributed by atoms with Crippen molar-refractivity contribution in [2.75, 3.05) is 5.73 Å². The quantitative estimate of drug-likeness (QED) is 0.911. The molecule has 0 saturated carbocycles. The molecule has 94 valence electrons. The van der Waals surface area contributed by atoms with E-state index in [4.69, 9.17) is 10.5 Å². The van der Waals surface area contributed by atoms with Crippen molar-refractivity contribution in [1.82, 2.24) is 9.97 Å². The highest BCUT2D eigenvalue weighted by Gasteiger charge is 2.06. The van der Waals surface area contributed by atoms with Gasteiger partial charge in [0.15, 0.2) is 23.3 Å². The van der Waals surface area contributed by atoms with Gasteiger partial charge >= 0.3 is 6.01 Å². The molecule has 0 amide bonds. The van der Waals surface area contributed by atoms with E-state index < -0.39 is 17.5 Å². The summed E-state index contributed by atoms with van der Waals surface area (Å²) in [6.07, 6.45) is 0.864. The molecule has 18 heavy (non-hydrogen) atoms. The molecule has 0 bridgehead atoms. The van der Waals surface area contributed by atoms with Gasteiger partial charge in [0.25, 0.3) is 0 Å². The molecule has 0 radical (unpaired) electrons. The fourth-order valence-electron chi connectivity index (χ4n) is 1.21. The first-order valence-electron chi connectivity index (χ1n) is 4.91. The normalized spacial score (nSPS) is 10.4. The number of hydrogen-bond acceptors (Lipinski definition) is 4. The fourth-order valence-corrected chi connectivity index (χ4v) is 1.21. The second-order valence-electron chi connectivity index (χ2n) is 3.42. The Morgan fingerprint density at radius 1 is 1.11 bits per heavy atom. The molecule has 1 aromatic heterocycles. The lowest BCUT2D eigenvalue weighted by Gasteiger charge is -2.05. The number of halogens is 3. The minimum absolute atomic E-state index is 0.0811. The second-order valence-corrected chi connectivity index (χ2v) is 3.42. The highest BCUT2D eigenvalue weighted by Crippen LogP contribution is 2.13. The molecule has 2 aromatic rings. The zero-order valence-corrected chi connectivity index (χ0v) is 9.03. The molecule has 0 spiro atoms. The summed E-state index contributed by atoms with van der Waals surface area (Å²) in [7, 11) is 0. The van der Waals surface area contributed by atoms with Crippen LogP contribution in [0.25, 0.3) is 0 Å². The molecule has 1 aromatic carbocycles. The third-order valence-corrected chi connectivity index (χ3v) is 2.10. The van der Waals surface area contributed by atoms with Gasteiger partial charge in [0.05, 0.1) is 6.20 Å². The van der Waals surface area contributed by atoms with Crippen LogP contribution in [-0.2, 0) is 6.61 Å². The molecule has 0 saturated heterocycles. The number of aromatic nitrogens is 2. The Bertz CT molecular complexity index is 526. The number of benzene rings is 1. The molecule has 1 heterocycles. The SMILES string of the molecule is Nc1nc(OCc2ccc(F)c(F)c2)ncc1F. The summed E-state index contributed by atoms with van der Waals surface area (Å²) in [5.74, 6) is -3.02. The molecule has 0 fully saturated rings. The van der Waals surface area contributed by atoms with Crippen molar-refractivity contribution >= 4 is 5.82 Å². The van der Waals surface area contributed by atoms with Gasteiger partial charge in [-0.05, 0) is 17.7 Å². The Hall–Kier alpha value is -2.31. The number of hydrogen-bond donors (Lipinski definition) is 1. The number of nitrogens with two attached hydrogens (primary N) is 1. The average Bonchev–Trinajstić information content (AvgIpc) is 2.35. The van der Waals surface area contributed by atoms with E-state index in [9.17, 15) is 13.2 Å². The minimum Gasteiger partial charge on any atom is -0.459 e. The van der Waals surface area contributed by atoms with Crippen LogP contribution in [0.15, 0.2) is 24.4 Å². The van der Waals surface area contributed by atoms with Crippen LogP contribution in [0.3, 0.4) is 0 Å². The van der Waals surface area contributed by atoms with Gasteiger partial charge in [0, 0.05) is 0 Å². The van der Waals surface area contributed by atoms with Gasteiger partial charge < -0.3 is 10.5 Å². The topological polar surface area (TPSA) is 61.0 Å². The zero-order valence-electron chi connectivity index (χ0n) is 9.03. The summed E-state index contributed by atoms with van der Waals surface area (Å²) in [5.41, 5.74) is 5.61. The number of anilines is 1. The Morgan fingerprint density at radius 3 is 2.56 bits per heavy atom. The fraction of sp³-hybridized carbons (Fsp3) is 0.0909. The summed E-state index contributed by atoms with van der Waals surface area (Å²) < 4.78 is 43.4. The molecule has 4 nitrogen and oxygen atoms in total. The van der Waals surface area contributed by atoms with Crippen LogP contribution < -0.4 is 10.5 Å². The van der Waals surface area contributed by atoms with Gasteiger partial charge in [0.1, 0.15) is 6.61 Å². The molecule has 0 atom stereocenters. The van der Waals surface area contributed by atoms with E-state index in [0.717, 1.165) is 18.3 Å². The van der Waals surface area contributed by atoms with Crippen molar-refractivity contribution in [3.63, 3.8) is 0 Å². The van der Waals surface area contributed by atoms with Crippen molar-refractivity contribution in [3.8, 4) is 6.01 Å².